The standard InChI is InChI=1S/C12H7F4N3O/c13-10-3-1-2-8(19-10)11(20)18-7-4-5-9(17-6-7)12(14,15)16/h1-6H,(H,18,20). The normalized spacial score (nSPS) is 11.2. The minimum Gasteiger partial charge on any atom is -0.319 e. The second-order valence-corrected chi connectivity index (χ2v) is 3.73. The molecule has 1 amide bonds. The van der Waals surface area contributed by atoms with Crippen molar-refractivity contribution in [3.8, 4) is 0 Å². The van der Waals surface area contributed by atoms with Crippen molar-refractivity contribution >= 4 is 11.6 Å². The summed E-state index contributed by atoms with van der Waals surface area (Å²) in [6.07, 6.45) is -3.69. The molecule has 2 heterocycles. The average Bonchev–Trinajstić information content (AvgIpc) is 2.38. The highest BCUT2D eigenvalue weighted by atomic mass is 19.4. The summed E-state index contributed by atoms with van der Waals surface area (Å²) in [7, 11) is 0. The first-order valence-electron chi connectivity index (χ1n) is 5.33. The SMILES string of the molecule is O=C(Nc1ccc(C(F)(F)F)nc1)c1cccc(F)n1. The number of amides is 1. The molecule has 2 aromatic heterocycles. The van der Waals surface area contributed by atoms with E-state index in [1.54, 1.807) is 0 Å². The van der Waals surface area contributed by atoms with Crippen LogP contribution in [0.3, 0.4) is 0 Å². The van der Waals surface area contributed by atoms with Crippen LogP contribution in [0.2, 0.25) is 0 Å². The third kappa shape index (κ3) is 3.28. The van der Waals surface area contributed by atoms with Crippen LogP contribution in [-0.4, -0.2) is 15.9 Å². The predicted molar refractivity (Wildman–Crippen MR) is 61.4 cm³/mol. The van der Waals surface area contributed by atoms with Crippen molar-refractivity contribution in [3.63, 3.8) is 0 Å². The first-order valence-corrected chi connectivity index (χ1v) is 5.33. The van der Waals surface area contributed by atoms with Gasteiger partial charge in [0.1, 0.15) is 11.4 Å². The van der Waals surface area contributed by atoms with E-state index in [9.17, 15) is 22.4 Å². The number of pyridine rings is 2. The summed E-state index contributed by atoms with van der Waals surface area (Å²) in [4.78, 5) is 18.2. The fraction of sp³-hybridized carbons (Fsp3) is 0.0833. The van der Waals surface area contributed by atoms with Crippen LogP contribution in [0.1, 0.15) is 16.2 Å². The molecule has 0 saturated carbocycles. The molecule has 0 spiro atoms. The van der Waals surface area contributed by atoms with Crippen LogP contribution in [0.4, 0.5) is 23.2 Å². The molecule has 1 N–H and O–H groups in total. The molecule has 0 aromatic carbocycles. The van der Waals surface area contributed by atoms with Crippen LogP contribution in [0.15, 0.2) is 36.5 Å². The van der Waals surface area contributed by atoms with Crippen molar-refractivity contribution in [1.82, 2.24) is 9.97 Å². The fourth-order valence-corrected chi connectivity index (χ4v) is 1.37. The third-order valence-electron chi connectivity index (χ3n) is 2.26. The Balaban J connectivity index is 2.12. The first kappa shape index (κ1) is 13.9. The van der Waals surface area contributed by atoms with Gasteiger partial charge in [0.05, 0.1) is 11.9 Å². The smallest absolute Gasteiger partial charge is 0.319 e. The molecule has 0 saturated heterocycles. The van der Waals surface area contributed by atoms with Gasteiger partial charge in [-0.2, -0.15) is 17.6 Å². The minimum absolute atomic E-state index is 0.0501. The lowest BCUT2D eigenvalue weighted by Crippen LogP contribution is -2.15. The molecule has 0 aliphatic rings. The van der Waals surface area contributed by atoms with E-state index < -0.39 is 23.7 Å². The highest BCUT2D eigenvalue weighted by Gasteiger charge is 2.32. The quantitative estimate of drug-likeness (QED) is 0.682. The Morgan fingerprint density at radius 2 is 1.90 bits per heavy atom. The second-order valence-electron chi connectivity index (χ2n) is 3.73. The predicted octanol–water partition coefficient (Wildman–Crippen LogP) is 2.89. The zero-order valence-corrected chi connectivity index (χ0v) is 9.78. The van der Waals surface area contributed by atoms with Gasteiger partial charge in [-0.25, -0.2) is 9.97 Å². The highest BCUT2D eigenvalue weighted by Crippen LogP contribution is 2.27. The molecule has 2 rings (SSSR count). The maximum atomic E-state index is 12.8. The summed E-state index contributed by atoms with van der Waals surface area (Å²) in [6, 6.07) is 5.41. The molecule has 20 heavy (non-hydrogen) atoms. The Morgan fingerprint density at radius 1 is 1.15 bits per heavy atom. The second kappa shape index (κ2) is 5.24. The van der Waals surface area contributed by atoms with Gasteiger partial charge < -0.3 is 5.32 Å². The maximum Gasteiger partial charge on any atom is 0.433 e. The van der Waals surface area contributed by atoms with Crippen molar-refractivity contribution in [2.45, 2.75) is 6.18 Å². The number of halogens is 4. The van der Waals surface area contributed by atoms with Crippen molar-refractivity contribution < 1.29 is 22.4 Å². The number of carbonyl (C=O) groups is 1. The van der Waals surface area contributed by atoms with Crippen LogP contribution >= 0.6 is 0 Å². The summed E-state index contributed by atoms with van der Waals surface area (Å²) in [5.74, 6) is -1.57. The topological polar surface area (TPSA) is 54.9 Å². The number of aromatic nitrogens is 2. The van der Waals surface area contributed by atoms with Gasteiger partial charge in [-0.1, -0.05) is 6.07 Å². The number of nitrogens with one attached hydrogen (secondary N) is 1. The van der Waals surface area contributed by atoms with Crippen molar-refractivity contribution in [2.24, 2.45) is 0 Å². The summed E-state index contributed by atoms with van der Waals surface area (Å²) in [5, 5.41) is 2.27. The van der Waals surface area contributed by atoms with Crippen LogP contribution in [0, 0.1) is 5.95 Å². The molecule has 0 unspecified atom stereocenters. The van der Waals surface area contributed by atoms with Gasteiger partial charge in [-0.05, 0) is 24.3 Å². The lowest BCUT2D eigenvalue weighted by Gasteiger charge is -2.07. The summed E-state index contributed by atoms with van der Waals surface area (Å²) in [6.45, 7) is 0. The van der Waals surface area contributed by atoms with E-state index in [0.29, 0.717) is 0 Å². The van der Waals surface area contributed by atoms with Crippen LogP contribution in [-0.2, 0) is 6.18 Å². The Hall–Kier alpha value is -2.51. The molecule has 2 aromatic rings. The lowest BCUT2D eigenvalue weighted by atomic mass is 10.3. The molecule has 0 fully saturated rings. The van der Waals surface area contributed by atoms with Gasteiger partial charge in [0.25, 0.3) is 5.91 Å². The number of anilines is 1. The van der Waals surface area contributed by atoms with Crippen molar-refractivity contribution in [1.29, 1.82) is 0 Å². The molecule has 0 atom stereocenters. The molecular formula is C12H7F4N3O. The number of hydrogen-bond donors (Lipinski definition) is 1. The van der Waals surface area contributed by atoms with Crippen LogP contribution in [0.25, 0.3) is 0 Å². The number of rotatable bonds is 2. The maximum absolute atomic E-state index is 12.8. The third-order valence-corrected chi connectivity index (χ3v) is 2.26. The number of carbonyl (C=O) groups excluding carboxylic acids is 1. The summed E-state index contributed by atoms with van der Waals surface area (Å²) >= 11 is 0. The first-order chi connectivity index (χ1) is 9.36. The molecular weight excluding hydrogens is 278 g/mol. The lowest BCUT2D eigenvalue weighted by molar-refractivity contribution is -0.141. The van der Waals surface area contributed by atoms with Crippen molar-refractivity contribution in [2.75, 3.05) is 5.32 Å². The highest BCUT2D eigenvalue weighted by molar-refractivity contribution is 6.02. The molecule has 0 bridgehead atoms. The van der Waals surface area contributed by atoms with Gasteiger partial charge in [-0.15, -0.1) is 0 Å². The zero-order chi connectivity index (χ0) is 14.8. The Morgan fingerprint density at radius 3 is 2.45 bits per heavy atom. The number of nitrogens with zero attached hydrogens (tertiary/aromatic N) is 2. The largest absolute Gasteiger partial charge is 0.433 e. The molecule has 104 valence electrons. The number of hydrogen-bond acceptors (Lipinski definition) is 3. The van der Waals surface area contributed by atoms with E-state index in [4.69, 9.17) is 0 Å². The van der Waals surface area contributed by atoms with Crippen molar-refractivity contribution in [3.05, 3.63) is 53.9 Å². The van der Waals surface area contributed by atoms with E-state index in [1.165, 1.54) is 12.1 Å². The zero-order valence-electron chi connectivity index (χ0n) is 9.78. The Bertz CT molecular complexity index is 625. The van der Waals surface area contributed by atoms with Crippen LogP contribution in [0.5, 0.6) is 0 Å². The van der Waals surface area contributed by atoms with E-state index >= 15 is 0 Å². The van der Waals surface area contributed by atoms with Gasteiger partial charge in [-0.3, -0.25) is 4.79 Å². The van der Waals surface area contributed by atoms with Crippen LogP contribution < -0.4 is 5.32 Å². The van der Waals surface area contributed by atoms with E-state index in [1.807, 2.05) is 0 Å². The molecule has 0 aliphatic heterocycles. The number of alkyl halides is 3. The fourth-order valence-electron chi connectivity index (χ4n) is 1.37. The van der Waals surface area contributed by atoms with E-state index in [0.717, 1.165) is 24.4 Å². The van der Waals surface area contributed by atoms with E-state index in [-0.39, 0.29) is 11.4 Å². The van der Waals surface area contributed by atoms with Gasteiger partial charge >= 0.3 is 6.18 Å². The minimum atomic E-state index is -4.55. The molecule has 0 aliphatic carbocycles. The monoisotopic (exact) mass is 285 g/mol. The summed E-state index contributed by atoms with van der Waals surface area (Å²) in [5.41, 5.74) is -1.21. The Kier molecular flexibility index (Phi) is 3.64. The van der Waals surface area contributed by atoms with Gasteiger partial charge in [0.15, 0.2) is 0 Å². The molecule has 4 nitrogen and oxygen atoms in total. The Labute approximate surface area is 110 Å². The average molecular weight is 285 g/mol. The summed E-state index contributed by atoms with van der Waals surface area (Å²) < 4.78 is 49.7. The van der Waals surface area contributed by atoms with Gasteiger partial charge in [0, 0.05) is 0 Å². The van der Waals surface area contributed by atoms with E-state index in [2.05, 4.69) is 15.3 Å². The molecule has 0 radical (unpaired) electrons. The molecule has 8 heteroatoms. The van der Waals surface area contributed by atoms with Gasteiger partial charge in [0.2, 0.25) is 5.95 Å².